The average Bonchev–Trinajstić information content (AvgIpc) is 3.75. The van der Waals surface area contributed by atoms with E-state index in [9.17, 15) is 0 Å². The SMILES string of the molecule is c1ccc(-c2ccc(-c3nc(-c4ccccc4)nc(-c4ccccc4-n4c5ccccc5c5ccc6c7ccccc7sc6c54)n3)cc2)cc1. The van der Waals surface area contributed by atoms with Crippen molar-refractivity contribution in [2.24, 2.45) is 0 Å². The van der Waals surface area contributed by atoms with Crippen LogP contribution in [0, 0.1) is 0 Å². The molecule has 3 aromatic heterocycles. The molecular weight excluding hydrogens is 629 g/mol. The first-order chi connectivity index (χ1) is 24.8. The van der Waals surface area contributed by atoms with Crippen LogP contribution in [0.4, 0.5) is 0 Å². The fourth-order valence-corrected chi connectivity index (χ4v) is 8.36. The van der Waals surface area contributed by atoms with E-state index in [-0.39, 0.29) is 0 Å². The molecule has 0 bridgehead atoms. The third kappa shape index (κ3) is 4.63. The van der Waals surface area contributed by atoms with Crippen molar-refractivity contribution in [2.75, 3.05) is 0 Å². The van der Waals surface area contributed by atoms with Crippen LogP contribution in [0.3, 0.4) is 0 Å². The number of thiophene rings is 1. The largest absolute Gasteiger partial charge is 0.307 e. The number of hydrogen-bond donors (Lipinski definition) is 0. The Morgan fingerprint density at radius 2 is 0.920 bits per heavy atom. The molecule has 0 radical (unpaired) electrons. The van der Waals surface area contributed by atoms with Gasteiger partial charge in [-0.05, 0) is 35.4 Å². The molecule has 234 valence electrons. The number of rotatable bonds is 5. The maximum absolute atomic E-state index is 5.20. The first kappa shape index (κ1) is 28.6. The van der Waals surface area contributed by atoms with Crippen molar-refractivity contribution in [1.29, 1.82) is 0 Å². The molecule has 10 rings (SSSR count). The van der Waals surface area contributed by atoms with Crippen molar-refractivity contribution < 1.29 is 0 Å². The van der Waals surface area contributed by atoms with Gasteiger partial charge in [-0.15, -0.1) is 11.3 Å². The van der Waals surface area contributed by atoms with Crippen molar-refractivity contribution in [2.45, 2.75) is 0 Å². The minimum absolute atomic E-state index is 0.631. The highest BCUT2D eigenvalue weighted by Gasteiger charge is 2.21. The number of fused-ring (bicyclic) bond motifs is 7. The van der Waals surface area contributed by atoms with E-state index in [0.717, 1.165) is 33.5 Å². The molecule has 7 aromatic carbocycles. The molecule has 3 heterocycles. The zero-order valence-electron chi connectivity index (χ0n) is 26.9. The summed E-state index contributed by atoms with van der Waals surface area (Å²) in [4.78, 5) is 15.4. The number of aromatic nitrogens is 4. The first-order valence-electron chi connectivity index (χ1n) is 16.7. The van der Waals surface area contributed by atoms with Gasteiger partial charge in [-0.25, -0.2) is 15.0 Å². The topological polar surface area (TPSA) is 43.6 Å². The zero-order valence-corrected chi connectivity index (χ0v) is 27.7. The highest BCUT2D eigenvalue weighted by atomic mass is 32.1. The monoisotopic (exact) mass is 656 g/mol. The van der Waals surface area contributed by atoms with Crippen LogP contribution in [-0.2, 0) is 0 Å². The molecule has 0 saturated heterocycles. The molecule has 0 saturated carbocycles. The van der Waals surface area contributed by atoms with Crippen LogP contribution in [-0.4, -0.2) is 19.5 Å². The summed E-state index contributed by atoms with van der Waals surface area (Å²) in [5.74, 6) is 1.91. The van der Waals surface area contributed by atoms with Gasteiger partial charge in [0.05, 0.1) is 21.4 Å². The molecule has 0 aliphatic rings. The number of nitrogens with zero attached hydrogens (tertiary/aromatic N) is 4. The lowest BCUT2D eigenvalue weighted by Crippen LogP contribution is -2.03. The second kappa shape index (κ2) is 11.6. The lowest BCUT2D eigenvalue weighted by molar-refractivity contribution is 1.06. The Morgan fingerprint density at radius 1 is 0.380 bits per heavy atom. The number of hydrogen-bond acceptors (Lipinski definition) is 4. The van der Waals surface area contributed by atoms with E-state index in [1.165, 1.54) is 42.0 Å². The van der Waals surface area contributed by atoms with Gasteiger partial charge >= 0.3 is 0 Å². The molecule has 0 fully saturated rings. The van der Waals surface area contributed by atoms with Crippen molar-refractivity contribution in [1.82, 2.24) is 19.5 Å². The summed E-state index contributed by atoms with van der Waals surface area (Å²) in [6.45, 7) is 0. The lowest BCUT2D eigenvalue weighted by Gasteiger charge is -2.15. The van der Waals surface area contributed by atoms with Crippen molar-refractivity contribution in [3.05, 3.63) is 170 Å². The van der Waals surface area contributed by atoms with Gasteiger partial charge in [0, 0.05) is 42.9 Å². The summed E-state index contributed by atoms with van der Waals surface area (Å²) in [5.41, 5.74) is 8.52. The van der Waals surface area contributed by atoms with Crippen LogP contribution in [0.25, 0.3) is 93.0 Å². The highest BCUT2D eigenvalue weighted by Crippen LogP contribution is 2.44. The average molecular weight is 657 g/mol. The third-order valence-electron chi connectivity index (χ3n) is 9.48. The van der Waals surface area contributed by atoms with Gasteiger partial charge in [-0.2, -0.15) is 0 Å². The molecule has 4 nitrogen and oxygen atoms in total. The molecule has 10 aromatic rings. The van der Waals surface area contributed by atoms with E-state index >= 15 is 0 Å². The Morgan fingerprint density at radius 3 is 1.70 bits per heavy atom. The molecule has 0 amide bonds. The number of para-hydroxylation sites is 2. The molecule has 5 heteroatoms. The standard InChI is InChI=1S/C45H28N4S/c1-3-13-29(14-4-1)30-23-25-32(26-24-30)44-46-43(31-15-5-2-6-16-31)47-45(48-44)37-19-8-11-21-39(37)49-38-20-10-7-17-33(38)35-27-28-36-34-18-9-12-22-40(34)50-42(36)41(35)49/h1-28H. The summed E-state index contributed by atoms with van der Waals surface area (Å²) < 4.78 is 4.97. The van der Waals surface area contributed by atoms with Gasteiger partial charge in [0.1, 0.15) is 0 Å². The van der Waals surface area contributed by atoms with E-state index in [2.05, 4.69) is 150 Å². The van der Waals surface area contributed by atoms with Gasteiger partial charge < -0.3 is 4.57 Å². The number of benzene rings is 7. The molecule has 0 aliphatic heterocycles. The maximum Gasteiger partial charge on any atom is 0.166 e. The Labute approximate surface area is 292 Å². The second-order valence-corrected chi connectivity index (χ2v) is 13.5. The minimum atomic E-state index is 0.631. The predicted octanol–water partition coefficient (Wildman–Crippen LogP) is 12.0. The van der Waals surface area contributed by atoms with E-state index < -0.39 is 0 Å². The first-order valence-corrected chi connectivity index (χ1v) is 17.5. The van der Waals surface area contributed by atoms with Crippen LogP contribution in [0.5, 0.6) is 0 Å². The van der Waals surface area contributed by atoms with Crippen molar-refractivity contribution in [3.63, 3.8) is 0 Å². The van der Waals surface area contributed by atoms with E-state index in [0.29, 0.717) is 17.5 Å². The Kier molecular flexibility index (Phi) is 6.64. The zero-order chi connectivity index (χ0) is 33.0. The smallest absolute Gasteiger partial charge is 0.166 e. The molecule has 0 atom stereocenters. The predicted molar refractivity (Wildman–Crippen MR) is 209 cm³/mol. The highest BCUT2D eigenvalue weighted by molar-refractivity contribution is 7.26. The van der Waals surface area contributed by atoms with Crippen LogP contribution in [0.2, 0.25) is 0 Å². The fraction of sp³-hybridized carbons (Fsp3) is 0. The summed E-state index contributed by atoms with van der Waals surface area (Å²) in [5, 5.41) is 5.01. The quantitative estimate of drug-likeness (QED) is 0.185. The Bertz CT molecular complexity index is 2850. The van der Waals surface area contributed by atoms with Gasteiger partial charge in [-0.1, -0.05) is 146 Å². The fourth-order valence-electron chi connectivity index (χ4n) is 7.12. The Balaban J connectivity index is 1.22. The normalized spacial score (nSPS) is 11.6. The third-order valence-corrected chi connectivity index (χ3v) is 10.7. The van der Waals surface area contributed by atoms with E-state index in [1.54, 1.807) is 0 Å². The lowest BCUT2D eigenvalue weighted by atomic mass is 10.0. The molecule has 0 N–H and O–H groups in total. The van der Waals surface area contributed by atoms with Crippen molar-refractivity contribution >= 4 is 53.3 Å². The van der Waals surface area contributed by atoms with Gasteiger partial charge in [0.25, 0.3) is 0 Å². The molecular formula is C45H28N4S. The van der Waals surface area contributed by atoms with Gasteiger partial charge in [0.15, 0.2) is 17.5 Å². The van der Waals surface area contributed by atoms with Crippen molar-refractivity contribution in [3.8, 4) is 51.0 Å². The van der Waals surface area contributed by atoms with Crippen LogP contribution in [0.1, 0.15) is 0 Å². The van der Waals surface area contributed by atoms with Crippen LogP contribution >= 0.6 is 11.3 Å². The molecule has 0 aliphatic carbocycles. The minimum Gasteiger partial charge on any atom is -0.307 e. The summed E-state index contributed by atoms with van der Waals surface area (Å²) in [6.07, 6.45) is 0. The van der Waals surface area contributed by atoms with Gasteiger partial charge in [-0.3, -0.25) is 0 Å². The second-order valence-electron chi connectivity index (χ2n) is 12.4. The maximum atomic E-state index is 5.20. The van der Waals surface area contributed by atoms with Gasteiger partial charge in [0.2, 0.25) is 0 Å². The molecule has 0 unspecified atom stereocenters. The van der Waals surface area contributed by atoms with E-state index in [1.807, 2.05) is 35.6 Å². The van der Waals surface area contributed by atoms with E-state index in [4.69, 9.17) is 15.0 Å². The molecule has 50 heavy (non-hydrogen) atoms. The summed E-state index contributed by atoms with van der Waals surface area (Å²) >= 11 is 1.85. The Hall–Kier alpha value is -6.43. The summed E-state index contributed by atoms with van der Waals surface area (Å²) in [7, 11) is 0. The summed E-state index contributed by atoms with van der Waals surface area (Å²) in [6, 6.07) is 59.5. The van der Waals surface area contributed by atoms with Crippen LogP contribution in [0.15, 0.2) is 170 Å². The van der Waals surface area contributed by atoms with Crippen LogP contribution < -0.4 is 0 Å². The molecule has 0 spiro atoms.